The second-order valence-electron chi connectivity index (χ2n) is 8.33. The number of hydrogen-bond donors (Lipinski definition) is 3. The van der Waals surface area contributed by atoms with Crippen LogP contribution >= 0.6 is 0 Å². The third-order valence-electron chi connectivity index (χ3n) is 5.98. The van der Waals surface area contributed by atoms with Crippen LogP contribution in [0.1, 0.15) is 11.1 Å². The van der Waals surface area contributed by atoms with Gasteiger partial charge in [-0.05, 0) is 24.0 Å². The fourth-order valence-corrected chi connectivity index (χ4v) is 3.98. The molecule has 2 aromatic rings. The van der Waals surface area contributed by atoms with Crippen molar-refractivity contribution < 1.29 is 29.3 Å². The zero-order valence-electron chi connectivity index (χ0n) is 19.2. The van der Waals surface area contributed by atoms with Gasteiger partial charge in [-0.3, -0.25) is 29.8 Å². The number of carboxylic acid groups (broad SMARTS) is 1. The zero-order chi connectivity index (χ0) is 26.2. The number of non-ortho nitro benzene ring substituents is 2. The van der Waals surface area contributed by atoms with Gasteiger partial charge in [0.2, 0.25) is 11.8 Å². The Balaban J connectivity index is 1.53. The number of benzene rings is 2. The molecule has 2 aromatic carbocycles. The molecule has 13 heteroatoms. The van der Waals surface area contributed by atoms with Crippen LogP contribution in [0.5, 0.6) is 0 Å². The molecule has 13 nitrogen and oxygen atoms in total. The summed E-state index contributed by atoms with van der Waals surface area (Å²) >= 11 is 0. The Hall–Kier alpha value is -4.55. The zero-order valence-corrected chi connectivity index (χ0v) is 19.2. The van der Waals surface area contributed by atoms with Gasteiger partial charge in [0, 0.05) is 50.4 Å². The molecule has 0 aliphatic carbocycles. The van der Waals surface area contributed by atoms with Crippen molar-refractivity contribution >= 4 is 29.3 Å². The van der Waals surface area contributed by atoms with Crippen molar-refractivity contribution in [1.82, 2.24) is 15.5 Å². The summed E-state index contributed by atoms with van der Waals surface area (Å²) < 4.78 is 0. The van der Waals surface area contributed by atoms with E-state index >= 15 is 0 Å². The topological polar surface area (TPSA) is 185 Å². The van der Waals surface area contributed by atoms with Crippen molar-refractivity contribution in [3.8, 4) is 0 Å². The fourth-order valence-electron chi connectivity index (χ4n) is 3.98. The van der Waals surface area contributed by atoms with Crippen LogP contribution < -0.4 is 10.6 Å². The molecule has 0 spiro atoms. The predicted octanol–water partition coefficient (Wildman–Crippen LogP) is 1.75. The SMILES string of the molecule is O=C(NCCc1ccc([N+](=O)[O-])cc1)C1CN(C(=O)O)CC1C(=O)NCCc1ccc([N+](=O)[O-])cc1. The number of nitrogens with one attached hydrogen (secondary N) is 2. The molecular weight excluding hydrogens is 474 g/mol. The van der Waals surface area contributed by atoms with Crippen LogP contribution in [-0.4, -0.2) is 63.9 Å². The summed E-state index contributed by atoms with van der Waals surface area (Å²) in [5.41, 5.74) is 1.48. The molecule has 3 rings (SSSR count). The lowest BCUT2D eigenvalue weighted by Crippen LogP contribution is -2.42. The molecule has 190 valence electrons. The van der Waals surface area contributed by atoms with E-state index < -0.39 is 39.6 Å². The molecule has 1 aliphatic heterocycles. The summed E-state index contributed by atoms with van der Waals surface area (Å²) in [5, 5.41) is 36.3. The Labute approximate surface area is 205 Å². The van der Waals surface area contributed by atoms with Crippen molar-refractivity contribution in [2.75, 3.05) is 26.2 Å². The standard InChI is InChI=1S/C23H25N5O8/c29-21(24-11-9-15-1-5-17(6-2-15)27(33)34)19-13-26(23(31)32)14-20(19)22(30)25-12-10-16-3-7-18(8-4-16)28(35)36/h1-8,19-20H,9-14H2,(H,24,29)(H,25,30)(H,31,32). The van der Waals surface area contributed by atoms with Crippen molar-refractivity contribution in [2.45, 2.75) is 12.8 Å². The first-order valence-electron chi connectivity index (χ1n) is 11.2. The Morgan fingerprint density at radius 1 is 0.778 bits per heavy atom. The molecule has 3 N–H and O–H groups in total. The minimum Gasteiger partial charge on any atom is -0.465 e. The molecule has 1 fully saturated rings. The van der Waals surface area contributed by atoms with Gasteiger partial charge < -0.3 is 20.6 Å². The lowest BCUT2D eigenvalue weighted by Gasteiger charge is -2.17. The molecule has 1 aliphatic rings. The van der Waals surface area contributed by atoms with Crippen LogP contribution in [-0.2, 0) is 22.4 Å². The number of carbonyl (C=O) groups is 3. The van der Waals surface area contributed by atoms with E-state index in [0.717, 1.165) is 16.0 Å². The first-order valence-corrected chi connectivity index (χ1v) is 11.2. The molecule has 2 unspecified atom stereocenters. The van der Waals surface area contributed by atoms with Crippen LogP contribution in [0, 0.1) is 32.1 Å². The number of nitrogens with zero attached hydrogens (tertiary/aromatic N) is 3. The van der Waals surface area contributed by atoms with Crippen molar-refractivity contribution in [2.24, 2.45) is 11.8 Å². The first kappa shape index (κ1) is 26.1. The summed E-state index contributed by atoms with van der Waals surface area (Å²) in [6.07, 6.45) is -0.406. The normalized spacial score (nSPS) is 16.8. The maximum Gasteiger partial charge on any atom is 0.407 e. The summed E-state index contributed by atoms with van der Waals surface area (Å²) in [5.74, 6) is -2.62. The highest BCUT2D eigenvalue weighted by Crippen LogP contribution is 2.24. The van der Waals surface area contributed by atoms with Gasteiger partial charge in [0.25, 0.3) is 11.4 Å². The second-order valence-corrected chi connectivity index (χ2v) is 8.33. The molecule has 1 heterocycles. The van der Waals surface area contributed by atoms with Gasteiger partial charge in [-0.1, -0.05) is 24.3 Å². The molecule has 36 heavy (non-hydrogen) atoms. The predicted molar refractivity (Wildman–Crippen MR) is 126 cm³/mol. The van der Waals surface area contributed by atoms with Gasteiger partial charge in [-0.2, -0.15) is 0 Å². The second kappa shape index (κ2) is 11.7. The van der Waals surface area contributed by atoms with E-state index in [2.05, 4.69) is 10.6 Å². The molecule has 0 aromatic heterocycles. The van der Waals surface area contributed by atoms with Crippen molar-refractivity contribution in [1.29, 1.82) is 0 Å². The Bertz CT molecular complexity index is 1050. The van der Waals surface area contributed by atoms with Crippen molar-refractivity contribution in [3.63, 3.8) is 0 Å². The lowest BCUT2D eigenvalue weighted by molar-refractivity contribution is -0.385. The largest absolute Gasteiger partial charge is 0.465 e. The summed E-state index contributed by atoms with van der Waals surface area (Å²) in [7, 11) is 0. The smallest absolute Gasteiger partial charge is 0.407 e. The van der Waals surface area contributed by atoms with Gasteiger partial charge in [-0.25, -0.2) is 4.79 Å². The Morgan fingerprint density at radius 2 is 1.14 bits per heavy atom. The summed E-state index contributed by atoms with van der Waals surface area (Å²) in [4.78, 5) is 58.5. The number of rotatable bonds is 10. The number of hydrogen-bond acceptors (Lipinski definition) is 7. The highest BCUT2D eigenvalue weighted by molar-refractivity contribution is 5.89. The molecule has 3 amide bonds. The van der Waals surface area contributed by atoms with Gasteiger partial charge in [-0.15, -0.1) is 0 Å². The molecule has 1 saturated heterocycles. The molecule has 2 atom stereocenters. The number of nitro benzene ring substituents is 2. The van der Waals surface area contributed by atoms with Crippen LogP contribution in [0.3, 0.4) is 0 Å². The molecular formula is C23H25N5O8. The van der Waals surface area contributed by atoms with E-state index in [4.69, 9.17) is 0 Å². The van der Waals surface area contributed by atoms with E-state index in [1.54, 1.807) is 24.3 Å². The van der Waals surface area contributed by atoms with Crippen molar-refractivity contribution in [3.05, 3.63) is 79.9 Å². The highest BCUT2D eigenvalue weighted by Gasteiger charge is 2.43. The average molecular weight is 499 g/mol. The quantitative estimate of drug-likeness (QED) is 0.326. The molecule has 0 radical (unpaired) electrons. The van der Waals surface area contributed by atoms with E-state index in [0.29, 0.717) is 12.8 Å². The van der Waals surface area contributed by atoms with E-state index in [1.165, 1.54) is 24.3 Å². The average Bonchev–Trinajstić information content (AvgIpc) is 3.31. The van der Waals surface area contributed by atoms with Gasteiger partial charge >= 0.3 is 6.09 Å². The minimum atomic E-state index is -1.22. The maximum atomic E-state index is 12.8. The number of carbonyl (C=O) groups excluding carboxylic acids is 2. The van der Waals surface area contributed by atoms with Crippen LogP contribution in [0.15, 0.2) is 48.5 Å². The third kappa shape index (κ3) is 6.74. The minimum absolute atomic E-state index is 0.0371. The van der Waals surface area contributed by atoms with Crippen LogP contribution in [0.2, 0.25) is 0 Å². The highest BCUT2D eigenvalue weighted by atomic mass is 16.6. The maximum absolute atomic E-state index is 12.8. The number of nitro groups is 2. The third-order valence-corrected chi connectivity index (χ3v) is 5.98. The number of amides is 3. The van der Waals surface area contributed by atoms with Gasteiger partial charge in [0.15, 0.2) is 0 Å². The molecule has 0 bridgehead atoms. The van der Waals surface area contributed by atoms with Crippen LogP contribution in [0.25, 0.3) is 0 Å². The van der Waals surface area contributed by atoms with Gasteiger partial charge in [0.05, 0.1) is 21.7 Å². The van der Waals surface area contributed by atoms with E-state index in [9.17, 15) is 39.7 Å². The van der Waals surface area contributed by atoms with Crippen LogP contribution in [0.4, 0.5) is 16.2 Å². The van der Waals surface area contributed by atoms with E-state index in [-0.39, 0.29) is 37.6 Å². The van der Waals surface area contributed by atoms with Gasteiger partial charge in [0.1, 0.15) is 0 Å². The lowest BCUT2D eigenvalue weighted by atomic mass is 9.94. The number of likely N-dealkylation sites (tertiary alicyclic amines) is 1. The first-order chi connectivity index (χ1) is 17.2. The monoisotopic (exact) mass is 499 g/mol. The summed E-state index contributed by atoms with van der Waals surface area (Å²) in [6.45, 7) is 0.210. The Morgan fingerprint density at radius 3 is 1.44 bits per heavy atom. The van der Waals surface area contributed by atoms with E-state index in [1.807, 2.05) is 0 Å². The molecule has 0 saturated carbocycles. The summed E-state index contributed by atoms with van der Waals surface area (Å²) in [6, 6.07) is 11.8. The fraction of sp³-hybridized carbons (Fsp3) is 0.348. The Kier molecular flexibility index (Phi) is 8.49.